The highest BCUT2D eigenvalue weighted by Gasteiger charge is 2.10. The molecule has 26 heavy (non-hydrogen) atoms. The van der Waals surface area contributed by atoms with Crippen molar-refractivity contribution in [2.45, 2.75) is 41.0 Å². The molecule has 0 spiro atoms. The Hall–Kier alpha value is -2.54. The van der Waals surface area contributed by atoms with Crippen LogP contribution in [0, 0.1) is 12.8 Å². The summed E-state index contributed by atoms with van der Waals surface area (Å²) in [5.74, 6) is 0.437. The molecule has 0 aliphatic rings. The Morgan fingerprint density at radius 3 is 2.35 bits per heavy atom. The number of rotatable bonds is 9. The summed E-state index contributed by atoms with van der Waals surface area (Å²) in [5, 5.41) is 3.41. The van der Waals surface area contributed by atoms with Gasteiger partial charge in [0.05, 0.1) is 0 Å². The van der Waals surface area contributed by atoms with Gasteiger partial charge in [-0.15, -0.1) is 0 Å². The Balaban J connectivity index is 3.24. The van der Waals surface area contributed by atoms with Gasteiger partial charge >= 0.3 is 0 Å². The molecule has 1 aromatic carbocycles. The second kappa shape index (κ2) is 9.82. The van der Waals surface area contributed by atoms with E-state index in [4.69, 9.17) is 0 Å². The van der Waals surface area contributed by atoms with Gasteiger partial charge in [0, 0.05) is 16.9 Å². The van der Waals surface area contributed by atoms with Gasteiger partial charge in [-0.1, -0.05) is 76.9 Å². The SMILES string of the molecule is C=C(CC)C(=C)C(=C)Nc1ccc(C)cc1C(=C)/C=C(\C=C/C)C(C)C. The Labute approximate surface area is 160 Å². The fourth-order valence-corrected chi connectivity index (χ4v) is 2.58. The molecule has 0 fully saturated rings. The number of benzene rings is 1. The van der Waals surface area contributed by atoms with Crippen LogP contribution in [0.1, 0.15) is 45.2 Å². The van der Waals surface area contributed by atoms with Gasteiger partial charge in [0.15, 0.2) is 0 Å². The monoisotopic (exact) mass is 347 g/mol. The lowest BCUT2D eigenvalue weighted by Gasteiger charge is -2.18. The summed E-state index contributed by atoms with van der Waals surface area (Å²) >= 11 is 0. The van der Waals surface area contributed by atoms with Gasteiger partial charge in [-0.25, -0.2) is 0 Å². The predicted octanol–water partition coefficient (Wildman–Crippen LogP) is 7.61. The van der Waals surface area contributed by atoms with Crippen LogP contribution in [0.3, 0.4) is 0 Å². The first-order valence-corrected chi connectivity index (χ1v) is 9.18. The van der Waals surface area contributed by atoms with Crippen LogP contribution < -0.4 is 5.32 Å². The molecule has 138 valence electrons. The van der Waals surface area contributed by atoms with Crippen molar-refractivity contribution in [1.82, 2.24) is 0 Å². The van der Waals surface area contributed by atoms with Crippen molar-refractivity contribution < 1.29 is 0 Å². The smallest absolute Gasteiger partial charge is 0.0463 e. The van der Waals surface area contributed by atoms with Gasteiger partial charge in [-0.3, -0.25) is 0 Å². The highest BCUT2D eigenvalue weighted by molar-refractivity contribution is 5.83. The first-order valence-electron chi connectivity index (χ1n) is 9.18. The molecule has 0 bridgehead atoms. The Morgan fingerprint density at radius 2 is 1.81 bits per heavy atom. The molecule has 0 heterocycles. The average molecular weight is 348 g/mol. The van der Waals surface area contributed by atoms with Crippen LogP contribution in [-0.4, -0.2) is 0 Å². The maximum absolute atomic E-state index is 4.31. The van der Waals surface area contributed by atoms with Crippen LogP contribution >= 0.6 is 0 Å². The van der Waals surface area contributed by atoms with E-state index >= 15 is 0 Å². The number of anilines is 1. The quantitative estimate of drug-likeness (QED) is 0.453. The molecular weight excluding hydrogens is 314 g/mol. The molecular formula is C25H33N. The van der Waals surface area contributed by atoms with Gasteiger partial charge in [-0.05, 0) is 60.6 Å². The van der Waals surface area contributed by atoms with Crippen molar-refractivity contribution in [3.63, 3.8) is 0 Å². The van der Waals surface area contributed by atoms with Crippen molar-refractivity contribution in [1.29, 1.82) is 0 Å². The zero-order valence-electron chi connectivity index (χ0n) is 17.1. The number of hydrogen-bond donors (Lipinski definition) is 1. The summed E-state index contributed by atoms with van der Waals surface area (Å²) in [6, 6.07) is 6.31. The van der Waals surface area contributed by atoms with Gasteiger partial charge in [0.25, 0.3) is 0 Å². The van der Waals surface area contributed by atoms with E-state index in [-0.39, 0.29) is 0 Å². The average Bonchev–Trinajstić information content (AvgIpc) is 2.60. The lowest BCUT2D eigenvalue weighted by atomic mass is 9.95. The third kappa shape index (κ3) is 5.77. The van der Waals surface area contributed by atoms with Crippen molar-refractivity contribution in [3.05, 3.63) is 96.3 Å². The molecule has 0 saturated carbocycles. The van der Waals surface area contributed by atoms with E-state index in [0.29, 0.717) is 5.92 Å². The van der Waals surface area contributed by atoms with Crippen molar-refractivity contribution in [2.24, 2.45) is 5.92 Å². The van der Waals surface area contributed by atoms with Gasteiger partial charge in [0.2, 0.25) is 0 Å². The minimum atomic E-state index is 0.437. The zero-order chi connectivity index (χ0) is 19.9. The van der Waals surface area contributed by atoms with Gasteiger partial charge in [-0.2, -0.15) is 0 Å². The van der Waals surface area contributed by atoms with Crippen LogP contribution in [0.15, 0.2) is 85.2 Å². The molecule has 0 radical (unpaired) electrons. The van der Waals surface area contributed by atoms with E-state index in [0.717, 1.165) is 40.1 Å². The summed E-state index contributed by atoms with van der Waals surface area (Å²) in [5.41, 5.74) is 8.11. The minimum Gasteiger partial charge on any atom is -0.355 e. The largest absolute Gasteiger partial charge is 0.355 e. The van der Waals surface area contributed by atoms with E-state index in [9.17, 15) is 0 Å². The topological polar surface area (TPSA) is 12.0 Å². The Kier molecular flexibility index (Phi) is 8.12. The number of nitrogens with one attached hydrogen (secondary N) is 1. The fraction of sp³-hybridized carbons (Fsp3) is 0.280. The van der Waals surface area contributed by atoms with E-state index in [2.05, 4.69) is 95.8 Å². The van der Waals surface area contributed by atoms with Gasteiger partial charge < -0.3 is 5.32 Å². The Bertz CT molecular complexity index is 769. The van der Waals surface area contributed by atoms with E-state index in [1.54, 1.807) is 0 Å². The van der Waals surface area contributed by atoms with E-state index in [1.165, 1.54) is 11.1 Å². The zero-order valence-corrected chi connectivity index (χ0v) is 17.1. The molecule has 0 aromatic heterocycles. The Morgan fingerprint density at radius 1 is 1.15 bits per heavy atom. The van der Waals surface area contributed by atoms with Crippen LogP contribution in [-0.2, 0) is 0 Å². The van der Waals surface area contributed by atoms with E-state index in [1.807, 2.05) is 6.92 Å². The van der Waals surface area contributed by atoms with Crippen molar-refractivity contribution in [3.8, 4) is 0 Å². The summed E-state index contributed by atoms with van der Waals surface area (Å²) in [7, 11) is 0. The van der Waals surface area contributed by atoms with Crippen LogP contribution in [0.25, 0.3) is 5.57 Å². The minimum absolute atomic E-state index is 0.437. The number of aryl methyl sites for hydroxylation is 1. The first-order chi connectivity index (χ1) is 12.2. The fourth-order valence-electron chi connectivity index (χ4n) is 2.58. The second-order valence-electron chi connectivity index (χ2n) is 6.91. The third-order valence-corrected chi connectivity index (χ3v) is 4.39. The summed E-state index contributed by atoms with van der Waals surface area (Å²) in [4.78, 5) is 0. The van der Waals surface area contributed by atoms with Crippen LogP contribution in [0.2, 0.25) is 0 Å². The summed E-state index contributed by atoms with van der Waals surface area (Å²) in [6.07, 6.45) is 7.23. The van der Waals surface area contributed by atoms with Crippen molar-refractivity contribution in [2.75, 3.05) is 5.32 Å². The standard InChI is InChI=1S/C25H33N/c1-10-12-23(17(3)4)16-20(7)24-15-18(5)13-14-25(24)26-22(9)21(8)19(6)11-2/h10,12-17,26H,6-9,11H2,1-5H3/b12-10-,23-16+. The lowest BCUT2D eigenvalue weighted by molar-refractivity contribution is 0.792. The van der Waals surface area contributed by atoms with Crippen molar-refractivity contribution >= 4 is 11.3 Å². The molecule has 0 saturated heterocycles. The molecule has 1 nitrogen and oxygen atoms in total. The molecule has 1 N–H and O–H groups in total. The first kappa shape index (κ1) is 21.5. The normalized spacial score (nSPS) is 11.7. The van der Waals surface area contributed by atoms with E-state index < -0.39 is 0 Å². The maximum atomic E-state index is 4.31. The van der Waals surface area contributed by atoms with Crippen LogP contribution in [0.4, 0.5) is 5.69 Å². The predicted molar refractivity (Wildman–Crippen MR) is 119 cm³/mol. The molecule has 0 aliphatic heterocycles. The molecule has 0 amide bonds. The van der Waals surface area contributed by atoms with Gasteiger partial charge in [0.1, 0.15) is 0 Å². The summed E-state index contributed by atoms with van der Waals surface area (Å²) < 4.78 is 0. The highest BCUT2D eigenvalue weighted by Crippen LogP contribution is 2.30. The molecule has 0 atom stereocenters. The second-order valence-corrected chi connectivity index (χ2v) is 6.91. The lowest BCUT2D eigenvalue weighted by Crippen LogP contribution is -2.04. The molecule has 1 heteroatoms. The maximum Gasteiger partial charge on any atom is 0.0463 e. The number of allylic oxidation sites excluding steroid dienone is 6. The molecule has 0 aliphatic carbocycles. The summed E-state index contributed by atoms with van der Waals surface area (Å²) in [6.45, 7) is 27.2. The third-order valence-electron chi connectivity index (χ3n) is 4.39. The molecule has 0 unspecified atom stereocenters. The van der Waals surface area contributed by atoms with Crippen LogP contribution in [0.5, 0.6) is 0 Å². The molecule has 1 rings (SSSR count). The number of hydrogen-bond acceptors (Lipinski definition) is 1. The highest BCUT2D eigenvalue weighted by atomic mass is 14.9. The molecule has 1 aromatic rings.